The second kappa shape index (κ2) is 9.22. The fraction of sp³-hybridized carbons (Fsp3) is 0.207. The number of carboxylic acid groups (broad SMARTS) is 1. The number of ether oxygens (including phenoxy) is 1. The van der Waals surface area contributed by atoms with Crippen molar-refractivity contribution in [2.75, 3.05) is 10.6 Å². The molecule has 1 unspecified atom stereocenters. The summed E-state index contributed by atoms with van der Waals surface area (Å²) in [7, 11) is 0. The lowest BCUT2D eigenvalue weighted by atomic mass is 9.87. The van der Waals surface area contributed by atoms with Gasteiger partial charge in [0, 0.05) is 33.9 Å². The zero-order valence-corrected chi connectivity index (χ0v) is 21.2. The highest BCUT2D eigenvalue weighted by molar-refractivity contribution is 6.31. The maximum Gasteiger partial charge on any atom is 0.412 e. The van der Waals surface area contributed by atoms with Crippen molar-refractivity contribution >= 4 is 35.0 Å². The highest BCUT2D eigenvalue weighted by atomic mass is 35.5. The van der Waals surface area contributed by atoms with Gasteiger partial charge in [0.15, 0.2) is 0 Å². The van der Waals surface area contributed by atoms with Crippen molar-refractivity contribution in [3.8, 4) is 22.4 Å². The van der Waals surface area contributed by atoms with Gasteiger partial charge in [0.25, 0.3) is 0 Å². The van der Waals surface area contributed by atoms with Crippen LogP contribution < -0.4 is 10.6 Å². The van der Waals surface area contributed by atoms with E-state index in [1.165, 1.54) is 6.26 Å². The molecule has 1 aromatic heterocycles. The summed E-state index contributed by atoms with van der Waals surface area (Å²) in [4.78, 5) is 24.4. The van der Waals surface area contributed by atoms with E-state index in [0.29, 0.717) is 41.4 Å². The highest BCUT2D eigenvalue weighted by Crippen LogP contribution is 2.50. The minimum atomic E-state index is -0.759. The van der Waals surface area contributed by atoms with E-state index < -0.39 is 23.6 Å². The van der Waals surface area contributed by atoms with Crippen molar-refractivity contribution in [1.29, 1.82) is 0 Å². The van der Waals surface area contributed by atoms with E-state index in [1.807, 2.05) is 48.5 Å². The average Bonchev–Trinajstić information content (AvgIpc) is 3.61. The molecule has 3 aromatic carbocycles. The summed E-state index contributed by atoms with van der Waals surface area (Å²) >= 11 is 6.22. The lowest BCUT2D eigenvalue weighted by molar-refractivity contribution is -0.140. The van der Waals surface area contributed by atoms with Crippen molar-refractivity contribution in [2.45, 2.75) is 37.8 Å². The molecule has 0 spiro atoms. The Morgan fingerprint density at radius 3 is 2.68 bits per heavy atom. The maximum atomic E-state index is 12.6. The number of amides is 1. The topological polar surface area (TPSA) is 114 Å². The standard InChI is InChI=1S/C29H24ClN3O5/c1-16(20-4-2-3-5-23(20)30)38-28(36)32-25-15-37-33-26(25)17-6-8-22-21-9-7-19(29(10-11-29)27(34)35)12-18(21)14-31-24(22)13-17/h2-9,12-13,15-16,31H,10-11,14H2,1H3,(H,32,36)(H,34,35). The van der Waals surface area contributed by atoms with Gasteiger partial charge >= 0.3 is 12.1 Å². The number of benzene rings is 3. The summed E-state index contributed by atoms with van der Waals surface area (Å²) in [6.45, 7) is 2.32. The van der Waals surface area contributed by atoms with Crippen LogP contribution in [0.25, 0.3) is 22.4 Å². The van der Waals surface area contributed by atoms with E-state index in [-0.39, 0.29) is 0 Å². The van der Waals surface area contributed by atoms with Crippen LogP contribution in [0.15, 0.2) is 71.4 Å². The van der Waals surface area contributed by atoms with E-state index in [0.717, 1.165) is 33.5 Å². The van der Waals surface area contributed by atoms with E-state index in [4.69, 9.17) is 20.9 Å². The monoisotopic (exact) mass is 529 g/mol. The quantitative estimate of drug-likeness (QED) is 0.246. The average molecular weight is 530 g/mol. The Bertz CT molecular complexity index is 1580. The Morgan fingerprint density at radius 2 is 1.92 bits per heavy atom. The number of hydrogen-bond donors (Lipinski definition) is 3. The summed E-state index contributed by atoms with van der Waals surface area (Å²) in [5.41, 5.74) is 6.47. The van der Waals surface area contributed by atoms with Crippen LogP contribution in [0.4, 0.5) is 16.2 Å². The molecular formula is C29H24ClN3O5. The molecule has 6 rings (SSSR count). The lowest BCUT2D eigenvalue weighted by Gasteiger charge is -2.24. The molecular weight excluding hydrogens is 506 g/mol. The number of hydrogen-bond acceptors (Lipinski definition) is 6. The van der Waals surface area contributed by atoms with Gasteiger partial charge in [-0.15, -0.1) is 0 Å². The molecule has 2 aliphatic rings. The number of nitrogens with one attached hydrogen (secondary N) is 2. The van der Waals surface area contributed by atoms with E-state index in [1.54, 1.807) is 19.1 Å². The summed E-state index contributed by atoms with van der Waals surface area (Å²) < 4.78 is 10.7. The third kappa shape index (κ3) is 4.16. The molecule has 0 saturated heterocycles. The van der Waals surface area contributed by atoms with Crippen molar-refractivity contribution in [1.82, 2.24) is 5.16 Å². The number of nitrogens with zero attached hydrogens (tertiary/aromatic N) is 1. The Morgan fingerprint density at radius 1 is 1.13 bits per heavy atom. The molecule has 4 aromatic rings. The SMILES string of the molecule is CC(OC(=O)Nc1conc1-c1ccc2c(c1)NCc1cc(C3(C(=O)O)CC3)ccc1-2)c1ccccc1Cl. The molecule has 1 aliphatic carbocycles. The normalized spacial score (nSPS) is 15.4. The van der Waals surface area contributed by atoms with Gasteiger partial charge in [-0.25, -0.2) is 4.79 Å². The van der Waals surface area contributed by atoms with Gasteiger partial charge in [0.2, 0.25) is 0 Å². The van der Waals surface area contributed by atoms with Crippen molar-refractivity contribution < 1.29 is 24.0 Å². The molecule has 0 bridgehead atoms. The van der Waals surface area contributed by atoms with Gasteiger partial charge in [0.1, 0.15) is 23.7 Å². The maximum absolute atomic E-state index is 12.6. The first-order chi connectivity index (χ1) is 18.4. The third-order valence-corrected chi connectivity index (χ3v) is 7.65. The highest BCUT2D eigenvalue weighted by Gasteiger charge is 2.51. The van der Waals surface area contributed by atoms with Crippen LogP contribution >= 0.6 is 11.6 Å². The van der Waals surface area contributed by atoms with Crippen LogP contribution in [0.2, 0.25) is 5.02 Å². The number of anilines is 2. The predicted octanol–water partition coefficient (Wildman–Crippen LogP) is 7.01. The van der Waals surface area contributed by atoms with Gasteiger partial charge in [-0.1, -0.05) is 65.3 Å². The largest absolute Gasteiger partial charge is 0.481 e. The zero-order valence-electron chi connectivity index (χ0n) is 20.5. The van der Waals surface area contributed by atoms with Crippen LogP contribution in [-0.2, 0) is 21.5 Å². The fourth-order valence-electron chi connectivity index (χ4n) is 5.02. The van der Waals surface area contributed by atoms with Crippen LogP contribution in [-0.4, -0.2) is 22.3 Å². The number of carbonyl (C=O) groups excluding carboxylic acids is 1. The van der Waals surface area contributed by atoms with E-state index in [2.05, 4.69) is 15.8 Å². The minimum Gasteiger partial charge on any atom is -0.481 e. The van der Waals surface area contributed by atoms with Gasteiger partial charge < -0.3 is 19.7 Å². The number of carbonyl (C=O) groups is 2. The molecule has 9 heteroatoms. The molecule has 1 fully saturated rings. The van der Waals surface area contributed by atoms with E-state index >= 15 is 0 Å². The molecule has 0 radical (unpaired) electrons. The Kier molecular flexibility index (Phi) is 5.84. The third-order valence-electron chi connectivity index (χ3n) is 7.30. The lowest BCUT2D eigenvalue weighted by Crippen LogP contribution is -2.20. The summed E-state index contributed by atoms with van der Waals surface area (Å²) in [5, 5.41) is 20.4. The first-order valence-electron chi connectivity index (χ1n) is 12.3. The fourth-order valence-corrected chi connectivity index (χ4v) is 5.31. The second-order valence-electron chi connectivity index (χ2n) is 9.64. The zero-order chi connectivity index (χ0) is 26.4. The van der Waals surface area contributed by atoms with Gasteiger partial charge in [-0.05, 0) is 48.6 Å². The number of carboxylic acids is 1. The first kappa shape index (κ1) is 24.1. The van der Waals surface area contributed by atoms with E-state index in [9.17, 15) is 14.7 Å². The summed E-state index contributed by atoms with van der Waals surface area (Å²) in [5.74, 6) is -0.759. The Hall–Kier alpha value is -4.30. The number of aromatic nitrogens is 1. The molecule has 192 valence electrons. The first-order valence-corrected chi connectivity index (χ1v) is 12.7. The molecule has 1 saturated carbocycles. The Balaban J connectivity index is 1.21. The molecule has 1 atom stereocenters. The van der Waals surface area contributed by atoms with Gasteiger partial charge in [-0.2, -0.15) is 0 Å². The molecule has 3 N–H and O–H groups in total. The van der Waals surface area contributed by atoms with Crippen LogP contribution in [0.5, 0.6) is 0 Å². The second-order valence-corrected chi connectivity index (χ2v) is 10.1. The minimum absolute atomic E-state index is 0.380. The molecule has 2 heterocycles. The van der Waals surface area contributed by atoms with Gasteiger partial charge in [-0.3, -0.25) is 10.1 Å². The number of rotatable bonds is 6. The summed E-state index contributed by atoms with van der Waals surface area (Å²) in [6.07, 6.45) is 1.50. The van der Waals surface area contributed by atoms with Crippen LogP contribution in [0.1, 0.15) is 42.6 Å². The molecule has 8 nitrogen and oxygen atoms in total. The number of fused-ring (bicyclic) bond motifs is 3. The van der Waals surface area contributed by atoms with Crippen molar-refractivity contribution in [3.05, 3.63) is 88.6 Å². The van der Waals surface area contributed by atoms with Crippen molar-refractivity contribution in [2.24, 2.45) is 0 Å². The summed E-state index contributed by atoms with van der Waals surface area (Å²) in [6, 6.07) is 19.0. The van der Waals surface area contributed by atoms with Crippen LogP contribution in [0, 0.1) is 0 Å². The predicted molar refractivity (Wildman–Crippen MR) is 143 cm³/mol. The van der Waals surface area contributed by atoms with Crippen LogP contribution in [0.3, 0.4) is 0 Å². The van der Waals surface area contributed by atoms with Gasteiger partial charge in [0.05, 0.1) is 5.41 Å². The molecule has 1 amide bonds. The van der Waals surface area contributed by atoms with Crippen molar-refractivity contribution in [3.63, 3.8) is 0 Å². The number of aliphatic carboxylic acids is 1. The number of halogens is 1. The smallest absolute Gasteiger partial charge is 0.412 e. The molecule has 38 heavy (non-hydrogen) atoms. The Labute approximate surface area is 223 Å². The molecule has 1 aliphatic heterocycles.